The van der Waals surface area contributed by atoms with Crippen LogP contribution in [0.5, 0.6) is 0 Å². The van der Waals surface area contributed by atoms with E-state index in [9.17, 15) is 13.2 Å². The molecule has 0 amide bonds. The van der Waals surface area contributed by atoms with Crippen LogP contribution in [0.3, 0.4) is 0 Å². The van der Waals surface area contributed by atoms with Gasteiger partial charge in [0.05, 0.1) is 4.90 Å². The third-order valence-electron chi connectivity index (χ3n) is 1.85. The molecule has 0 saturated carbocycles. The lowest BCUT2D eigenvalue weighted by Gasteiger charge is -2.07. The van der Waals surface area contributed by atoms with Crippen LogP contribution in [0.2, 0.25) is 0 Å². The number of ketones is 1. The van der Waals surface area contributed by atoms with E-state index in [0.29, 0.717) is 0 Å². The lowest BCUT2D eigenvalue weighted by molar-refractivity contribution is 0.101. The molecule has 3 N–H and O–H groups in total. The van der Waals surface area contributed by atoms with Crippen molar-refractivity contribution >= 4 is 21.5 Å². The number of hydrogen-bond donors (Lipinski definition) is 2. The highest BCUT2D eigenvalue weighted by Gasteiger charge is 2.20. The molecule has 6 nitrogen and oxygen atoms in total. The maximum atomic E-state index is 11.5. The Balaban J connectivity index is 3.47. The number of hydrogen-bond acceptors (Lipinski definition) is 5. The van der Waals surface area contributed by atoms with Crippen LogP contribution >= 0.6 is 0 Å². The molecule has 0 aliphatic heterocycles. The summed E-state index contributed by atoms with van der Waals surface area (Å²) in [5.41, 5.74) is 5.69. The molecule has 1 rings (SSSR count). The van der Waals surface area contributed by atoms with Gasteiger partial charge in [0, 0.05) is 11.3 Å². The van der Waals surface area contributed by atoms with Gasteiger partial charge in [-0.3, -0.25) is 4.79 Å². The standard InChI is InChI=1S/C9H9N3O3S/c1-6(13)8-4-7(11)2-3-9(8)16(14,15)12-5-10/h2-4,12H,11H2,1H3. The van der Waals surface area contributed by atoms with Gasteiger partial charge in [-0.1, -0.05) is 0 Å². The summed E-state index contributed by atoms with van der Waals surface area (Å²) in [6.07, 6.45) is 1.31. The quantitative estimate of drug-likeness (QED) is 0.339. The van der Waals surface area contributed by atoms with Crippen molar-refractivity contribution in [3.63, 3.8) is 0 Å². The third-order valence-corrected chi connectivity index (χ3v) is 3.15. The summed E-state index contributed by atoms with van der Waals surface area (Å²) in [7, 11) is -3.99. The maximum absolute atomic E-state index is 11.5. The van der Waals surface area contributed by atoms with Gasteiger partial charge in [-0.15, -0.1) is 0 Å². The van der Waals surface area contributed by atoms with E-state index in [1.54, 1.807) is 4.72 Å². The van der Waals surface area contributed by atoms with Crippen LogP contribution in [-0.4, -0.2) is 14.2 Å². The van der Waals surface area contributed by atoms with E-state index < -0.39 is 15.8 Å². The second-order valence-electron chi connectivity index (χ2n) is 3.03. The number of carbonyl (C=O) groups is 1. The fourth-order valence-electron chi connectivity index (χ4n) is 1.17. The number of rotatable bonds is 3. The number of carbonyl (C=O) groups excluding carboxylic acids is 1. The monoisotopic (exact) mass is 239 g/mol. The molecule has 0 aromatic heterocycles. The van der Waals surface area contributed by atoms with E-state index in [4.69, 9.17) is 11.0 Å². The van der Waals surface area contributed by atoms with E-state index in [1.165, 1.54) is 31.3 Å². The average molecular weight is 239 g/mol. The fourth-order valence-corrected chi connectivity index (χ4v) is 2.14. The van der Waals surface area contributed by atoms with E-state index in [0.717, 1.165) is 0 Å². The maximum Gasteiger partial charge on any atom is 0.270 e. The zero-order chi connectivity index (χ0) is 12.3. The minimum Gasteiger partial charge on any atom is -0.399 e. The molecular formula is C9H9N3O3S. The summed E-state index contributed by atoms with van der Waals surface area (Å²) < 4.78 is 24.7. The number of anilines is 1. The Morgan fingerprint density at radius 1 is 1.50 bits per heavy atom. The van der Waals surface area contributed by atoms with Crippen LogP contribution in [0.25, 0.3) is 0 Å². The van der Waals surface area contributed by atoms with E-state index >= 15 is 0 Å². The van der Waals surface area contributed by atoms with Crippen molar-refractivity contribution < 1.29 is 13.2 Å². The first-order chi connectivity index (χ1) is 7.38. The number of nitriles is 1. The van der Waals surface area contributed by atoms with E-state index in [2.05, 4.69) is 0 Å². The number of nitrogens with zero attached hydrogens (tertiary/aromatic N) is 1. The van der Waals surface area contributed by atoms with Gasteiger partial charge in [-0.25, -0.2) is 13.1 Å². The predicted octanol–water partition coefficient (Wildman–Crippen LogP) is 0.231. The molecule has 84 valence electrons. The molecule has 0 unspecified atom stereocenters. The SMILES string of the molecule is CC(=O)c1cc(N)ccc1S(=O)(=O)NC#N. The van der Waals surface area contributed by atoms with Crippen LogP contribution in [0, 0.1) is 11.5 Å². The Labute approximate surface area is 92.7 Å². The third kappa shape index (κ3) is 2.29. The number of Topliss-reactive ketones (excluding diaryl/α,β-unsaturated/α-hetero) is 1. The Hall–Kier alpha value is -2.07. The smallest absolute Gasteiger partial charge is 0.270 e. The molecule has 0 fully saturated rings. The number of nitrogens with one attached hydrogen (secondary N) is 1. The molecular weight excluding hydrogens is 230 g/mol. The molecule has 1 aromatic rings. The summed E-state index contributed by atoms with van der Waals surface area (Å²) in [6, 6.07) is 3.79. The number of sulfonamides is 1. The molecule has 0 heterocycles. The summed E-state index contributed by atoms with van der Waals surface area (Å²) >= 11 is 0. The van der Waals surface area contributed by atoms with Gasteiger partial charge in [0.1, 0.15) is 0 Å². The summed E-state index contributed by atoms with van der Waals surface area (Å²) in [4.78, 5) is 11.0. The minimum atomic E-state index is -3.99. The number of benzene rings is 1. The summed E-state index contributed by atoms with van der Waals surface area (Å²) in [5.74, 6) is -0.439. The van der Waals surface area contributed by atoms with Gasteiger partial charge in [-0.05, 0) is 25.1 Å². The lowest BCUT2D eigenvalue weighted by Crippen LogP contribution is -2.20. The van der Waals surface area contributed by atoms with Gasteiger partial charge in [-0.2, -0.15) is 5.26 Å². The second kappa shape index (κ2) is 4.20. The van der Waals surface area contributed by atoms with Crippen molar-refractivity contribution in [1.82, 2.24) is 4.72 Å². The van der Waals surface area contributed by atoms with Crippen LogP contribution in [0.4, 0.5) is 5.69 Å². The first-order valence-electron chi connectivity index (χ1n) is 4.20. The normalized spacial score (nSPS) is 10.5. The highest BCUT2D eigenvalue weighted by Crippen LogP contribution is 2.19. The summed E-state index contributed by atoms with van der Waals surface area (Å²) in [6.45, 7) is 1.22. The molecule has 16 heavy (non-hydrogen) atoms. The largest absolute Gasteiger partial charge is 0.399 e. The minimum absolute atomic E-state index is 0.0391. The molecule has 0 saturated heterocycles. The van der Waals surface area contributed by atoms with Gasteiger partial charge in [0.25, 0.3) is 10.0 Å². The summed E-state index contributed by atoms with van der Waals surface area (Å²) in [5, 5.41) is 8.30. The van der Waals surface area contributed by atoms with Crippen LogP contribution in [0.1, 0.15) is 17.3 Å². The molecule has 0 bridgehead atoms. The first kappa shape index (κ1) is 12.0. The highest BCUT2D eigenvalue weighted by atomic mass is 32.2. The van der Waals surface area contributed by atoms with Crippen LogP contribution in [0.15, 0.2) is 23.1 Å². The Kier molecular flexibility index (Phi) is 3.15. The van der Waals surface area contributed by atoms with Crippen LogP contribution in [-0.2, 0) is 10.0 Å². The molecule has 0 aliphatic rings. The van der Waals surface area contributed by atoms with Crippen molar-refractivity contribution in [3.8, 4) is 6.19 Å². The zero-order valence-corrected chi connectivity index (χ0v) is 9.21. The topological polar surface area (TPSA) is 113 Å². The highest BCUT2D eigenvalue weighted by molar-refractivity contribution is 7.89. The zero-order valence-electron chi connectivity index (χ0n) is 8.39. The van der Waals surface area contributed by atoms with Crippen molar-refractivity contribution in [3.05, 3.63) is 23.8 Å². The molecule has 0 spiro atoms. The fraction of sp³-hybridized carbons (Fsp3) is 0.111. The molecule has 7 heteroatoms. The van der Waals surface area contributed by atoms with Gasteiger partial charge < -0.3 is 5.73 Å². The van der Waals surface area contributed by atoms with Gasteiger partial charge in [0.15, 0.2) is 12.0 Å². The van der Waals surface area contributed by atoms with Gasteiger partial charge >= 0.3 is 0 Å². The van der Waals surface area contributed by atoms with Crippen molar-refractivity contribution in [2.45, 2.75) is 11.8 Å². The molecule has 0 radical (unpaired) electrons. The lowest BCUT2D eigenvalue weighted by atomic mass is 10.1. The van der Waals surface area contributed by atoms with Gasteiger partial charge in [0.2, 0.25) is 0 Å². The Morgan fingerprint density at radius 3 is 2.62 bits per heavy atom. The molecule has 1 aromatic carbocycles. The Morgan fingerprint density at radius 2 is 2.12 bits per heavy atom. The Bertz CT molecular complexity index is 572. The van der Waals surface area contributed by atoms with Crippen molar-refractivity contribution in [2.24, 2.45) is 0 Å². The van der Waals surface area contributed by atoms with Crippen molar-refractivity contribution in [1.29, 1.82) is 5.26 Å². The first-order valence-corrected chi connectivity index (χ1v) is 5.68. The van der Waals surface area contributed by atoms with E-state index in [1.807, 2.05) is 0 Å². The van der Waals surface area contributed by atoms with E-state index in [-0.39, 0.29) is 16.1 Å². The molecule has 0 aliphatic carbocycles. The molecule has 0 atom stereocenters. The average Bonchev–Trinajstić information content (AvgIpc) is 2.16. The predicted molar refractivity (Wildman–Crippen MR) is 56.8 cm³/mol. The number of nitrogen functional groups attached to an aromatic ring is 1. The van der Waals surface area contributed by atoms with Crippen LogP contribution < -0.4 is 10.5 Å². The number of nitrogens with two attached hydrogens (primary N) is 1. The van der Waals surface area contributed by atoms with Crippen molar-refractivity contribution in [2.75, 3.05) is 5.73 Å². The second-order valence-corrected chi connectivity index (χ2v) is 4.68.